The Balaban J connectivity index is 1.79. The Morgan fingerprint density at radius 2 is 2.00 bits per heavy atom. The molecule has 3 rings (SSSR count). The highest BCUT2D eigenvalue weighted by Gasteiger charge is 2.21. The third-order valence-electron chi connectivity index (χ3n) is 3.95. The highest BCUT2D eigenvalue weighted by molar-refractivity contribution is 6.63. The number of aliphatic imine (C=N–C) groups is 1. The molecule has 0 saturated carbocycles. The average molecular weight is 368 g/mol. The lowest BCUT2D eigenvalue weighted by molar-refractivity contribution is -0.671. The first-order chi connectivity index (χ1) is 13.0. The SMILES string of the molecule is C[n+]1ccc(CN2N=CC(=Nc3cc(OCCO)c(N)cc3N)C2=N)cc1. The van der Waals surface area contributed by atoms with Crippen LogP contribution in [0.5, 0.6) is 5.75 Å². The summed E-state index contributed by atoms with van der Waals surface area (Å²) in [5.74, 6) is 0.561. The summed E-state index contributed by atoms with van der Waals surface area (Å²) in [5.41, 5.74) is 14.4. The van der Waals surface area contributed by atoms with Crippen molar-refractivity contribution in [3.63, 3.8) is 0 Å². The number of aryl methyl sites for hydroxylation is 1. The van der Waals surface area contributed by atoms with Gasteiger partial charge in [0.2, 0.25) is 0 Å². The first-order valence-electron chi connectivity index (χ1n) is 8.34. The summed E-state index contributed by atoms with van der Waals surface area (Å²) in [5, 5.41) is 23.0. The molecule has 0 unspecified atom stereocenters. The van der Waals surface area contributed by atoms with Crippen molar-refractivity contribution in [3.8, 4) is 5.75 Å². The Labute approximate surface area is 156 Å². The minimum Gasteiger partial charge on any atom is -0.489 e. The van der Waals surface area contributed by atoms with Crippen molar-refractivity contribution in [1.29, 1.82) is 5.41 Å². The molecule has 0 radical (unpaired) electrons. The van der Waals surface area contributed by atoms with Crippen LogP contribution < -0.4 is 20.8 Å². The minimum atomic E-state index is -0.128. The Morgan fingerprint density at radius 3 is 2.70 bits per heavy atom. The van der Waals surface area contributed by atoms with E-state index in [2.05, 4.69) is 10.1 Å². The maximum Gasteiger partial charge on any atom is 0.169 e. The summed E-state index contributed by atoms with van der Waals surface area (Å²) in [7, 11) is 1.94. The molecular weight excluding hydrogens is 346 g/mol. The quantitative estimate of drug-likeness (QED) is 0.437. The summed E-state index contributed by atoms with van der Waals surface area (Å²) in [6, 6.07) is 7.08. The van der Waals surface area contributed by atoms with Crippen LogP contribution in [-0.4, -0.2) is 41.1 Å². The lowest BCUT2D eigenvalue weighted by Gasteiger charge is -2.14. The Hall–Kier alpha value is -3.46. The van der Waals surface area contributed by atoms with E-state index in [1.165, 1.54) is 6.21 Å². The van der Waals surface area contributed by atoms with E-state index < -0.39 is 0 Å². The number of rotatable bonds is 6. The molecule has 1 aromatic heterocycles. The number of pyridine rings is 1. The number of hydrogen-bond donors (Lipinski definition) is 4. The summed E-state index contributed by atoms with van der Waals surface area (Å²) in [4.78, 5) is 4.43. The highest BCUT2D eigenvalue weighted by atomic mass is 16.5. The van der Waals surface area contributed by atoms with Crippen molar-refractivity contribution < 1.29 is 14.4 Å². The van der Waals surface area contributed by atoms with Gasteiger partial charge in [0.1, 0.15) is 25.1 Å². The van der Waals surface area contributed by atoms with E-state index in [4.69, 9.17) is 26.7 Å². The molecule has 9 nitrogen and oxygen atoms in total. The van der Waals surface area contributed by atoms with Crippen molar-refractivity contribution in [2.24, 2.45) is 17.1 Å². The van der Waals surface area contributed by atoms with Crippen molar-refractivity contribution in [2.45, 2.75) is 6.54 Å². The standard InChI is InChI=1S/C18H22N7O2/c1-24-4-2-12(3-5-24)11-25-18(21)16(10-22-25)23-15-9-17(27-7-6-26)14(20)8-13(15)19/h2-5,8-10,21,26H,6-7,11,19-20H2,1H3/q+1. The number of anilines is 2. The van der Waals surface area contributed by atoms with E-state index in [-0.39, 0.29) is 19.0 Å². The van der Waals surface area contributed by atoms with Gasteiger partial charge in [0, 0.05) is 18.2 Å². The second-order valence-electron chi connectivity index (χ2n) is 6.04. The molecule has 0 aliphatic carbocycles. The van der Waals surface area contributed by atoms with E-state index in [1.807, 2.05) is 36.1 Å². The van der Waals surface area contributed by atoms with Gasteiger partial charge >= 0.3 is 0 Å². The molecule has 1 aliphatic rings. The maximum atomic E-state index is 8.90. The number of nitrogens with zero attached hydrogens (tertiary/aromatic N) is 4. The van der Waals surface area contributed by atoms with Crippen LogP contribution in [-0.2, 0) is 13.6 Å². The predicted octanol–water partition coefficient (Wildman–Crippen LogP) is 0.598. The van der Waals surface area contributed by atoms with E-state index in [9.17, 15) is 0 Å². The first-order valence-corrected chi connectivity index (χ1v) is 8.34. The number of hydrogen-bond acceptors (Lipinski definition) is 7. The monoisotopic (exact) mass is 368 g/mol. The molecule has 2 heterocycles. The van der Waals surface area contributed by atoms with Gasteiger partial charge in [0.05, 0.1) is 36.4 Å². The van der Waals surface area contributed by atoms with Gasteiger partial charge in [-0.1, -0.05) is 0 Å². The maximum absolute atomic E-state index is 8.90. The summed E-state index contributed by atoms with van der Waals surface area (Å²) >= 11 is 0. The van der Waals surface area contributed by atoms with Crippen molar-refractivity contribution in [3.05, 3.63) is 42.2 Å². The smallest absolute Gasteiger partial charge is 0.169 e. The molecular formula is C18H22N7O2+. The van der Waals surface area contributed by atoms with Crippen LogP contribution >= 0.6 is 0 Å². The number of nitrogen functional groups attached to an aromatic ring is 2. The van der Waals surface area contributed by atoms with E-state index >= 15 is 0 Å². The molecule has 6 N–H and O–H groups in total. The Morgan fingerprint density at radius 1 is 1.26 bits per heavy atom. The molecule has 0 fully saturated rings. The number of aliphatic hydroxyl groups is 1. The molecule has 1 aliphatic heterocycles. The fourth-order valence-electron chi connectivity index (χ4n) is 2.50. The van der Waals surface area contributed by atoms with Gasteiger partial charge in [0.15, 0.2) is 18.2 Å². The van der Waals surface area contributed by atoms with E-state index in [0.717, 1.165) is 5.56 Å². The third kappa shape index (κ3) is 4.21. The summed E-state index contributed by atoms with van der Waals surface area (Å²) in [6.45, 7) is 0.457. The molecule has 2 aromatic rings. The number of hydrazone groups is 1. The zero-order valence-corrected chi connectivity index (χ0v) is 15.0. The lowest BCUT2D eigenvalue weighted by atomic mass is 10.2. The number of aliphatic hydroxyl groups excluding tert-OH is 1. The van der Waals surface area contributed by atoms with Gasteiger partial charge in [-0.2, -0.15) is 5.10 Å². The van der Waals surface area contributed by atoms with E-state index in [0.29, 0.717) is 35.1 Å². The second-order valence-corrected chi connectivity index (χ2v) is 6.04. The fraction of sp³-hybridized carbons (Fsp3) is 0.222. The number of ether oxygens (including phenoxy) is 1. The zero-order chi connectivity index (χ0) is 19.4. The van der Waals surface area contributed by atoms with Gasteiger partial charge in [-0.3, -0.25) is 5.41 Å². The Bertz CT molecular complexity index is 907. The second kappa shape index (κ2) is 7.83. The van der Waals surface area contributed by atoms with Crippen LogP contribution in [0.3, 0.4) is 0 Å². The topological polar surface area (TPSA) is 137 Å². The van der Waals surface area contributed by atoms with Crippen LogP contribution in [0, 0.1) is 5.41 Å². The normalized spacial score (nSPS) is 15.0. The number of amidine groups is 1. The fourth-order valence-corrected chi connectivity index (χ4v) is 2.50. The molecule has 0 saturated heterocycles. The average Bonchev–Trinajstić information content (AvgIpc) is 2.98. The van der Waals surface area contributed by atoms with Crippen LogP contribution in [0.4, 0.5) is 17.1 Å². The number of nitrogens with one attached hydrogen (secondary N) is 1. The molecule has 0 atom stereocenters. The summed E-state index contributed by atoms with van der Waals surface area (Å²) in [6.07, 6.45) is 5.41. The first kappa shape index (κ1) is 18.3. The number of nitrogens with two attached hydrogens (primary N) is 2. The zero-order valence-electron chi connectivity index (χ0n) is 15.0. The Kier molecular flexibility index (Phi) is 5.32. The lowest BCUT2D eigenvalue weighted by Crippen LogP contribution is -2.28. The van der Waals surface area contributed by atoms with Gasteiger partial charge in [-0.25, -0.2) is 14.6 Å². The molecule has 0 bridgehead atoms. The minimum absolute atomic E-state index is 0.115. The molecule has 9 heteroatoms. The molecule has 1 aromatic carbocycles. The van der Waals surface area contributed by atoms with Crippen LogP contribution in [0.15, 0.2) is 46.8 Å². The van der Waals surface area contributed by atoms with Gasteiger partial charge in [0.25, 0.3) is 0 Å². The third-order valence-corrected chi connectivity index (χ3v) is 3.95. The molecule has 140 valence electrons. The van der Waals surface area contributed by atoms with Gasteiger partial charge in [-0.15, -0.1) is 0 Å². The van der Waals surface area contributed by atoms with Crippen molar-refractivity contribution in [1.82, 2.24) is 5.01 Å². The van der Waals surface area contributed by atoms with Crippen molar-refractivity contribution in [2.75, 3.05) is 24.7 Å². The van der Waals surface area contributed by atoms with E-state index in [1.54, 1.807) is 17.1 Å². The van der Waals surface area contributed by atoms with Gasteiger partial charge in [-0.05, 0) is 11.6 Å². The van der Waals surface area contributed by atoms with Crippen LogP contribution in [0.25, 0.3) is 0 Å². The number of aromatic nitrogens is 1. The largest absolute Gasteiger partial charge is 0.489 e. The van der Waals surface area contributed by atoms with Crippen molar-refractivity contribution >= 4 is 34.8 Å². The predicted molar refractivity (Wildman–Crippen MR) is 104 cm³/mol. The highest BCUT2D eigenvalue weighted by Crippen LogP contribution is 2.33. The summed E-state index contributed by atoms with van der Waals surface area (Å²) < 4.78 is 7.32. The van der Waals surface area contributed by atoms with Crippen LogP contribution in [0.1, 0.15) is 5.56 Å². The van der Waals surface area contributed by atoms with Crippen LogP contribution in [0.2, 0.25) is 0 Å². The molecule has 0 spiro atoms. The molecule has 27 heavy (non-hydrogen) atoms. The molecule has 0 amide bonds. The van der Waals surface area contributed by atoms with Gasteiger partial charge < -0.3 is 21.3 Å². The number of benzene rings is 1.